The third kappa shape index (κ3) is 5.76. The quantitative estimate of drug-likeness (QED) is 0.198. The van der Waals surface area contributed by atoms with Crippen LogP contribution < -0.4 is 11.5 Å². The van der Waals surface area contributed by atoms with Crippen LogP contribution in [0.2, 0.25) is 0 Å². The zero-order valence-electron chi connectivity index (χ0n) is 23.1. The number of nitrogen functional groups attached to an aromatic ring is 2. The number of hydrogen-bond acceptors (Lipinski definition) is 12. The lowest BCUT2D eigenvalue weighted by molar-refractivity contribution is -0.0606. The molecule has 1 saturated heterocycles. The maximum absolute atomic E-state index is 13.4. The van der Waals surface area contributed by atoms with E-state index in [0.717, 1.165) is 0 Å². The standard InChI is InChI=1S/C31H26N6O7/c32-25-22-26(36-31(33)35-25)37(17-34-22)27-24(44-30(40)20-14-8-3-9-15-20)23(43-29(39)19-12-6-2-7-13-19)21(42-27)16-41-28(38)18-10-4-1-5-11-18/h1-15,17,21,23-24,27H,16H2,(H4,32,33,35,36)/t21-,23-,24-,27-/m1/s1. The molecular weight excluding hydrogens is 568 g/mol. The van der Waals surface area contributed by atoms with Crippen LogP contribution in [0.1, 0.15) is 37.3 Å². The maximum Gasteiger partial charge on any atom is 0.338 e. The molecule has 13 nitrogen and oxygen atoms in total. The van der Waals surface area contributed by atoms with Crippen LogP contribution in [0.5, 0.6) is 0 Å². The first-order valence-corrected chi connectivity index (χ1v) is 13.5. The summed E-state index contributed by atoms with van der Waals surface area (Å²) in [6, 6.07) is 24.9. The van der Waals surface area contributed by atoms with Crippen molar-refractivity contribution < 1.29 is 33.3 Å². The number of rotatable bonds is 8. The van der Waals surface area contributed by atoms with Gasteiger partial charge in [0.25, 0.3) is 0 Å². The van der Waals surface area contributed by atoms with Crippen LogP contribution >= 0.6 is 0 Å². The van der Waals surface area contributed by atoms with Crippen molar-refractivity contribution in [1.29, 1.82) is 0 Å². The minimum Gasteiger partial charge on any atom is -0.459 e. The van der Waals surface area contributed by atoms with Crippen LogP contribution in [0.3, 0.4) is 0 Å². The molecule has 2 aromatic heterocycles. The van der Waals surface area contributed by atoms with Crippen LogP contribution in [0, 0.1) is 0 Å². The lowest BCUT2D eigenvalue weighted by Gasteiger charge is -2.25. The van der Waals surface area contributed by atoms with Crippen molar-refractivity contribution in [2.45, 2.75) is 24.5 Å². The number of fused-ring (bicyclic) bond motifs is 1. The summed E-state index contributed by atoms with van der Waals surface area (Å²) in [4.78, 5) is 52.0. The molecule has 1 aliphatic rings. The molecule has 44 heavy (non-hydrogen) atoms. The Bertz CT molecular complexity index is 1800. The van der Waals surface area contributed by atoms with E-state index in [1.165, 1.54) is 10.9 Å². The summed E-state index contributed by atoms with van der Waals surface area (Å²) in [5.74, 6) is -2.11. The Hall–Kier alpha value is -5.82. The van der Waals surface area contributed by atoms with Crippen LogP contribution in [0.25, 0.3) is 11.2 Å². The number of nitrogens with zero attached hydrogens (tertiary/aromatic N) is 4. The fourth-order valence-electron chi connectivity index (χ4n) is 4.82. The highest BCUT2D eigenvalue weighted by atomic mass is 16.7. The Kier molecular flexibility index (Phi) is 7.84. The number of imidazole rings is 1. The molecule has 6 rings (SSSR count). The Morgan fingerprint density at radius 2 is 1.25 bits per heavy atom. The van der Waals surface area contributed by atoms with Gasteiger partial charge in [0.05, 0.1) is 23.0 Å². The number of benzene rings is 3. The fraction of sp³-hybridized carbons (Fsp3) is 0.161. The van der Waals surface area contributed by atoms with Crippen LogP contribution in [0.4, 0.5) is 11.8 Å². The molecule has 222 valence electrons. The number of carbonyl (C=O) groups excluding carboxylic acids is 3. The summed E-state index contributed by atoms with van der Waals surface area (Å²) >= 11 is 0. The van der Waals surface area contributed by atoms with E-state index in [0.29, 0.717) is 5.56 Å². The molecule has 0 spiro atoms. The smallest absolute Gasteiger partial charge is 0.338 e. The molecule has 1 fully saturated rings. The van der Waals surface area contributed by atoms with Crippen molar-refractivity contribution >= 4 is 40.8 Å². The van der Waals surface area contributed by atoms with Gasteiger partial charge < -0.3 is 30.4 Å². The predicted molar refractivity (Wildman–Crippen MR) is 156 cm³/mol. The van der Waals surface area contributed by atoms with Gasteiger partial charge in [-0.05, 0) is 36.4 Å². The number of hydrogen-bond donors (Lipinski definition) is 2. The molecule has 0 unspecified atom stereocenters. The molecule has 0 saturated carbocycles. The van der Waals surface area contributed by atoms with E-state index in [9.17, 15) is 14.4 Å². The fourth-order valence-corrected chi connectivity index (χ4v) is 4.82. The highest BCUT2D eigenvalue weighted by molar-refractivity contribution is 5.91. The zero-order chi connectivity index (χ0) is 30.6. The van der Waals surface area contributed by atoms with E-state index < -0.39 is 42.4 Å². The van der Waals surface area contributed by atoms with Gasteiger partial charge in [-0.15, -0.1) is 0 Å². The molecule has 4 atom stereocenters. The highest BCUT2D eigenvalue weighted by Gasteiger charge is 2.52. The summed E-state index contributed by atoms with van der Waals surface area (Å²) in [7, 11) is 0. The van der Waals surface area contributed by atoms with Crippen molar-refractivity contribution in [3.8, 4) is 0 Å². The topological polar surface area (TPSA) is 184 Å². The van der Waals surface area contributed by atoms with Crippen molar-refractivity contribution in [3.63, 3.8) is 0 Å². The van der Waals surface area contributed by atoms with E-state index in [2.05, 4.69) is 15.0 Å². The largest absolute Gasteiger partial charge is 0.459 e. The lowest BCUT2D eigenvalue weighted by atomic mass is 10.1. The third-order valence-corrected chi connectivity index (χ3v) is 6.92. The third-order valence-electron chi connectivity index (χ3n) is 6.92. The monoisotopic (exact) mass is 594 g/mol. The van der Waals surface area contributed by atoms with E-state index in [1.54, 1.807) is 91.0 Å². The second kappa shape index (κ2) is 12.2. The van der Waals surface area contributed by atoms with E-state index in [1.807, 2.05) is 0 Å². The van der Waals surface area contributed by atoms with Crippen molar-refractivity contribution in [3.05, 3.63) is 114 Å². The Morgan fingerprint density at radius 3 is 1.82 bits per heavy atom. The minimum absolute atomic E-state index is 0.0301. The summed E-state index contributed by atoms with van der Waals surface area (Å²) in [5, 5.41) is 0. The second-order valence-electron chi connectivity index (χ2n) is 9.79. The first-order valence-electron chi connectivity index (χ1n) is 13.5. The number of esters is 3. The molecule has 5 aromatic rings. The van der Waals surface area contributed by atoms with Crippen LogP contribution in [-0.2, 0) is 18.9 Å². The number of aromatic nitrogens is 4. The zero-order valence-corrected chi connectivity index (χ0v) is 23.1. The summed E-state index contributed by atoms with van der Waals surface area (Å²) in [5.41, 5.74) is 13.1. The average Bonchev–Trinajstić information content (AvgIpc) is 3.62. The average molecular weight is 595 g/mol. The number of nitrogens with two attached hydrogens (primary N) is 2. The van der Waals surface area contributed by atoms with Gasteiger partial charge in [-0.2, -0.15) is 9.97 Å². The number of anilines is 2. The molecule has 0 aliphatic carbocycles. The summed E-state index contributed by atoms with van der Waals surface area (Å²) in [6.07, 6.45) is -3.36. The van der Waals surface area contributed by atoms with E-state index in [4.69, 9.17) is 30.4 Å². The number of carbonyl (C=O) groups is 3. The molecule has 0 amide bonds. The van der Waals surface area contributed by atoms with Crippen molar-refractivity contribution in [1.82, 2.24) is 19.5 Å². The molecule has 1 aliphatic heterocycles. The predicted octanol–water partition coefficient (Wildman–Crippen LogP) is 3.20. The van der Waals surface area contributed by atoms with Crippen molar-refractivity contribution in [2.24, 2.45) is 0 Å². The molecule has 3 heterocycles. The van der Waals surface area contributed by atoms with Gasteiger partial charge in [-0.3, -0.25) is 4.57 Å². The first kappa shape index (κ1) is 28.3. The van der Waals surface area contributed by atoms with Gasteiger partial charge in [-0.1, -0.05) is 54.6 Å². The van der Waals surface area contributed by atoms with E-state index >= 15 is 0 Å². The van der Waals surface area contributed by atoms with E-state index in [-0.39, 0.29) is 40.7 Å². The van der Waals surface area contributed by atoms with Gasteiger partial charge in [0.15, 0.2) is 29.9 Å². The van der Waals surface area contributed by atoms with Gasteiger partial charge in [0, 0.05) is 0 Å². The summed E-state index contributed by atoms with van der Waals surface area (Å²) in [6.45, 7) is -0.345. The van der Waals surface area contributed by atoms with Crippen LogP contribution in [-0.4, -0.2) is 62.3 Å². The summed E-state index contributed by atoms with van der Waals surface area (Å²) < 4.78 is 25.3. The van der Waals surface area contributed by atoms with Crippen molar-refractivity contribution in [2.75, 3.05) is 18.1 Å². The molecule has 0 bridgehead atoms. The molecule has 3 aromatic carbocycles. The lowest BCUT2D eigenvalue weighted by Crippen LogP contribution is -2.41. The minimum atomic E-state index is -1.26. The molecular formula is C31H26N6O7. The Morgan fingerprint density at radius 1 is 0.727 bits per heavy atom. The molecule has 0 radical (unpaired) electrons. The van der Waals surface area contributed by atoms with Crippen LogP contribution in [0.15, 0.2) is 97.3 Å². The van der Waals surface area contributed by atoms with Gasteiger partial charge >= 0.3 is 17.9 Å². The Labute approximate surface area is 250 Å². The first-order chi connectivity index (χ1) is 21.4. The van der Waals surface area contributed by atoms with Gasteiger partial charge in [0.2, 0.25) is 5.95 Å². The second-order valence-corrected chi connectivity index (χ2v) is 9.79. The SMILES string of the molecule is Nc1nc(N)c2ncn([C@@H]3O[C@H](COC(=O)c4ccccc4)[C@@H](OC(=O)c4ccccc4)[C@H]3OC(=O)c3ccccc3)c2n1. The normalized spacial score (nSPS) is 19.4. The molecule has 13 heteroatoms. The highest BCUT2D eigenvalue weighted by Crippen LogP contribution is 2.37. The Balaban J connectivity index is 1.39. The number of ether oxygens (including phenoxy) is 4. The van der Waals surface area contributed by atoms with Gasteiger partial charge in [-0.25, -0.2) is 19.4 Å². The maximum atomic E-state index is 13.4. The molecule has 4 N–H and O–H groups in total. The van der Waals surface area contributed by atoms with Gasteiger partial charge in [0.1, 0.15) is 18.2 Å².